The van der Waals surface area contributed by atoms with Crippen LogP contribution in [0.4, 0.5) is 5.69 Å². The normalized spacial score (nSPS) is 14.0. The number of rotatable bonds is 5. The molecule has 0 unspecified atom stereocenters. The largest absolute Gasteiger partial charge is 0.507 e. The molecule has 0 atom stereocenters. The number of hydrogen-bond acceptors (Lipinski definition) is 4. The van der Waals surface area contributed by atoms with Gasteiger partial charge < -0.3 is 19.8 Å². The fourth-order valence-electron chi connectivity index (χ4n) is 3.87. The van der Waals surface area contributed by atoms with Crippen LogP contribution in [0.2, 0.25) is 0 Å². The van der Waals surface area contributed by atoms with Crippen LogP contribution in [-0.4, -0.2) is 61.0 Å². The van der Waals surface area contributed by atoms with Crippen molar-refractivity contribution < 1.29 is 14.7 Å². The number of carbonyl (C=O) groups is 2. The highest BCUT2D eigenvalue weighted by Crippen LogP contribution is 2.30. The Labute approximate surface area is 197 Å². The van der Waals surface area contributed by atoms with E-state index in [0.29, 0.717) is 25.2 Å². The highest BCUT2D eigenvalue weighted by atomic mass is 16.3. The van der Waals surface area contributed by atoms with E-state index in [9.17, 15) is 14.7 Å². The first kappa shape index (κ1) is 24.5. The van der Waals surface area contributed by atoms with E-state index in [2.05, 4.69) is 20.8 Å². The number of aromatic hydroxyl groups is 1. The molecule has 0 aliphatic carbocycles. The molecule has 0 spiro atoms. The summed E-state index contributed by atoms with van der Waals surface area (Å²) in [5, 5.41) is 10.4. The number of carbonyl (C=O) groups excluding carboxylic acids is 2. The minimum Gasteiger partial charge on any atom is -0.507 e. The Morgan fingerprint density at radius 1 is 1.06 bits per heavy atom. The number of benzene rings is 2. The maximum Gasteiger partial charge on any atom is 0.257 e. The van der Waals surface area contributed by atoms with Crippen LogP contribution in [0.15, 0.2) is 48.6 Å². The summed E-state index contributed by atoms with van der Waals surface area (Å²) in [6.07, 6.45) is 4.16. The smallest absolute Gasteiger partial charge is 0.257 e. The molecule has 0 saturated carbocycles. The first-order chi connectivity index (χ1) is 15.5. The van der Waals surface area contributed by atoms with Crippen molar-refractivity contribution in [3.63, 3.8) is 0 Å². The zero-order chi connectivity index (χ0) is 24.3. The van der Waals surface area contributed by atoms with Gasteiger partial charge in [-0.25, -0.2) is 0 Å². The first-order valence-corrected chi connectivity index (χ1v) is 11.3. The van der Waals surface area contributed by atoms with Crippen LogP contribution >= 0.6 is 0 Å². The summed E-state index contributed by atoms with van der Waals surface area (Å²) in [5.41, 5.74) is 4.21. The summed E-state index contributed by atoms with van der Waals surface area (Å²) in [5.74, 6) is -0.266. The van der Waals surface area contributed by atoms with Crippen LogP contribution in [0.5, 0.6) is 5.75 Å². The molecule has 1 N–H and O–H groups in total. The number of phenols is 1. The predicted octanol–water partition coefficient (Wildman–Crippen LogP) is 3.97. The van der Waals surface area contributed by atoms with Gasteiger partial charge in [-0.15, -0.1) is 0 Å². The molecule has 2 amide bonds. The van der Waals surface area contributed by atoms with E-state index in [-0.39, 0.29) is 23.0 Å². The van der Waals surface area contributed by atoms with E-state index in [1.54, 1.807) is 35.1 Å². The zero-order valence-electron chi connectivity index (χ0n) is 20.6. The number of anilines is 1. The van der Waals surface area contributed by atoms with Gasteiger partial charge in [0, 0.05) is 38.4 Å². The lowest BCUT2D eigenvalue weighted by Crippen LogP contribution is -2.36. The molecule has 33 heavy (non-hydrogen) atoms. The van der Waals surface area contributed by atoms with E-state index in [4.69, 9.17) is 0 Å². The SMILES string of the molecule is CN(C)C/C=C/C(=O)N(C)c1ccc2c(c1)CN(C(=O)c1cc(C(C)(C)C)ccc1O)CC2. The van der Waals surface area contributed by atoms with E-state index in [0.717, 1.165) is 23.2 Å². The minimum absolute atomic E-state index is 0.00221. The van der Waals surface area contributed by atoms with Gasteiger partial charge in [-0.3, -0.25) is 9.59 Å². The second-order valence-electron chi connectivity index (χ2n) is 9.97. The van der Waals surface area contributed by atoms with Gasteiger partial charge in [-0.1, -0.05) is 39.0 Å². The third kappa shape index (κ3) is 5.82. The molecule has 6 heteroatoms. The molecule has 0 bridgehead atoms. The van der Waals surface area contributed by atoms with Gasteiger partial charge >= 0.3 is 0 Å². The van der Waals surface area contributed by atoms with E-state index in [1.807, 2.05) is 49.3 Å². The summed E-state index contributed by atoms with van der Waals surface area (Å²) in [7, 11) is 5.66. The van der Waals surface area contributed by atoms with Crippen molar-refractivity contribution in [1.29, 1.82) is 0 Å². The first-order valence-electron chi connectivity index (χ1n) is 11.3. The molecule has 1 aliphatic heterocycles. The van der Waals surface area contributed by atoms with Crippen LogP contribution in [0.1, 0.15) is 47.8 Å². The number of hydrogen-bond donors (Lipinski definition) is 1. The van der Waals surface area contributed by atoms with Crippen LogP contribution in [0.3, 0.4) is 0 Å². The molecule has 0 fully saturated rings. The molecule has 1 aliphatic rings. The van der Waals surface area contributed by atoms with Crippen molar-refractivity contribution in [2.75, 3.05) is 39.1 Å². The third-order valence-electron chi connectivity index (χ3n) is 6.03. The highest BCUT2D eigenvalue weighted by molar-refractivity contribution is 6.01. The average molecular weight is 450 g/mol. The Morgan fingerprint density at radius 2 is 1.79 bits per heavy atom. The Bertz CT molecular complexity index is 1070. The Hall–Kier alpha value is -3.12. The van der Waals surface area contributed by atoms with Crippen molar-refractivity contribution in [2.45, 2.75) is 39.2 Å². The summed E-state index contributed by atoms with van der Waals surface area (Å²) < 4.78 is 0. The number of amides is 2. The van der Waals surface area contributed by atoms with Gasteiger partial charge in [-0.05, 0) is 66.9 Å². The summed E-state index contributed by atoms with van der Waals surface area (Å²) >= 11 is 0. The third-order valence-corrected chi connectivity index (χ3v) is 6.03. The van der Waals surface area contributed by atoms with Crippen LogP contribution in [0.25, 0.3) is 0 Å². The number of phenolic OH excluding ortho intramolecular Hbond substituents is 1. The molecule has 176 valence electrons. The Morgan fingerprint density at radius 3 is 2.45 bits per heavy atom. The second-order valence-corrected chi connectivity index (χ2v) is 9.97. The standard InChI is InChI=1S/C27H35N3O3/c1-27(2,3)21-10-12-24(31)23(17-21)26(33)30-15-13-19-9-11-22(16-20(19)18-30)29(6)25(32)8-7-14-28(4)5/h7-12,16-17,31H,13-15,18H2,1-6H3/b8-7+. The molecule has 2 aromatic rings. The molecule has 0 saturated heterocycles. The van der Waals surface area contributed by atoms with Gasteiger partial charge in [0.1, 0.15) is 5.75 Å². The van der Waals surface area contributed by atoms with Crippen molar-refractivity contribution >= 4 is 17.5 Å². The summed E-state index contributed by atoms with van der Waals surface area (Å²) in [6, 6.07) is 11.2. The van der Waals surface area contributed by atoms with Crippen molar-refractivity contribution in [1.82, 2.24) is 9.80 Å². The highest BCUT2D eigenvalue weighted by Gasteiger charge is 2.26. The van der Waals surface area contributed by atoms with E-state index >= 15 is 0 Å². The van der Waals surface area contributed by atoms with Crippen LogP contribution in [-0.2, 0) is 23.2 Å². The lowest BCUT2D eigenvalue weighted by molar-refractivity contribution is -0.113. The lowest BCUT2D eigenvalue weighted by atomic mass is 9.86. The predicted molar refractivity (Wildman–Crippen MR) is 133 cm³/mol. The number of likely N-dealkylation sites (N-methyl/N-ethyl adjacent to an activating group) is 2. The fraction of sp³-hybridized carbons (Fsp3) is 0.407. The van der Waals surface area contributed by atoms with Crippen LogP contribution < -0.4 is 4.90 Å². The molecular formula is C27H35N3O3. The lowest BCUT2D eigenvalue weighted by Gasteiger charge is -2.30. The monoisotopic (exact) mass is 449 g/mol. The van der Waals surface area contributed by atoms with Gasteiger partial charge in [0.2, 0.25) is 5.91 Å². The zero-order valence-corrected chi connectivity index (χ0v) is 20.6. The van der Waals surface area contributed by atoms with Crippen molar-refractivity contribution in [3.05, 3.63) is 70.8 Å². The second kappa shape index (κ2) is 9.79. The molecule has 2 aromatic carbocycles. The summed E-state index contributed by atoms with van der Waals surface area (Å²) in [6.45, 7) is 7.98. The molecule has 0 aromatic heterocycles. The number of nitrogens with zero attached hydrogens (tertiary/aromatic N) is 3. The van der Waals surface area contributed by atoms with Crippen molar-refractivity contribution in [2.24, 2.45) is 0 Å². The van der Waals surface area contributed by atoms with Crippen molar-refractivity contribution in [3.8, 4) is 5.75 Å². The van der Waals surface area contributed by atoms with E-state index in [1.165, 1.54) is 5.56 Å². The fourth-order valence-corrected chi connectivity index (χ4v) is 3.87. The van der Waals surface area contributed by atoms with Gasteiger partial charge in [0.15, 0.2) is 0 Å². The van der Waals surface area contributed by atoms with Gasteiger partial charge in [-0.2, -0.15) is 0 Å². The maximum absolute atomic E-state index is 13.3. The van der Waals surface area contributed by atoms with Gasteiger partial charge in [0.05, 0.1) is 5.56 Å². The van der Waals surface area contributed by atoms with E-state index < -0.39 is 0 Å². The topological polar surface area (TPSA) is 64.1 Å². The quantitative estimate of drug-likeness (QED) is 0.702. The summed E-state index contributed by atoms with van der Waals surface area (Å²) in [4.78, 5) is 31.2. The Balaban J connectivity index is 1.79. The molecule has 3 rings (SSSR count). The molecule has 0 radical (unpaired) electrons. The van der Waals surface area contributed by atoms with Gasteiger partial charge in [0.25, 0.3) is 5.91 Å². The molecular weight excluding hydrogens is 414 g/mol. The van der Waals surface area contributed by atoms with Crippen LogP contribution in [0, 0.1) is 0 Å². The molecule has 6 nitrogen and oxygen atoms in total. The maximum atomic E-state index is 13.3. The minimum atomic E-state index is -0.175. The number of fused-ring (bicyclic) bond motifs is 1. The Kier molecular flexibility index (Phi) is 7.28. The average Bonchev–Trinajstić information content (AvgIpc) is 2.76. The molecule has 1 heterocycles.